The Morgan fingerprint density at radius 2 is 1.79 bits per heavy atom. The van der Waals surface area contributed by atoms with Gasteiger partial charge in [-0.15, -0.1) is 10.2 Å². The van der Waals surface area contributed by atoms with Gasteiger partial charge in [-0.05, 0) is 56.1 Å². The molecule has 2 aromatic carbocycles. The number of imide groups is 1. The fourth-order valence-electron chi connectivity index (χ4n) is 2.80. The first-order chi connectivity index (χ1) is 13.6. The van der Waals surface area contributed by atoms with Crippen molar-refractivity contribution >= 4 is 72.3 Å². The van der Waals surface area contributed by atoms with Gasteiger partial charge in [0.1, 0.15) is 11.4 Å². The minimum absolute atomic E-state index is 0.232. The van der Waals surface area contributed by atoms with E-state index in [2.05, 4.69) is 47.4 Å². The van der Waals surface area contributed by atoms with E-state index in [-0.39, 0.29) is 17.4 Å². The number of carbonyl (C=O) groups is 3. The van der Waals surface area contributed by atoms with Crippen LogP contribution in [0.25, 0.3) is 0 Å². The highest BCUT2D eigenvalue weighted by atomic mass is 79.9. The van der Waals surface area contributed by atoms with Crippen molar-refractivity contribution in [3.63, 3.8) is 0 Å². The maximum Gasteiger partial charge on any atom is 0.262 e. The number of rotatable bonds is 4. The van der Waals surface area contributed by atoms with Crippen molar-refractivity contribution < 1.29 is 14.4 Å². The van der Waals surface area contributed by atoms with Crippen molar-refractivity contribution in [1.29, 1.82) is 0 Å². The van der Waals surface area contributed by atoms with Gasteiger partial charge >= 0.3 is 0 Å². The quantitative estimate of drug-likeness (QED) is 0.457. The molecule has 0 aromatic heterocycles. The van der Waals surface area contributed by atoms with Gasteiger partial charge in [-0.3, -0.25) is 19.3 Å². The summed E-state index contributed by atoms with van der Waals surface area (Å²) < 4.78 is 0.883. The van der Waals surface area contributed by atoms with E-state index >= 15 is 0 Å². The van der Waals surface area contributed by atoms with E-state index < -0.39 is 5.91 Å². The summed E-state index contributed by atoms with van der Waals surface area (Å²) in [5.74, 6) is -1.01. The zero-order valence-corrected chi connectivity index (χ0v) is 19.3. The lowest BCUT2D eigenvalue weighted by molar-refractivity contribution is -0.114. The minimum Gasteiger partial charge on any atom is -0.378 e. The zero-order chi connectivity index (χ0) is 21.5. The van der Waals surface area contributed by atoms with Crippen molar-refractivity contribution in [2.45, 2.75) is 6.92 Å². The van der Waals surface area contributed by atoms with Crippen LogP contribution in [-0.2, 0) is 4.79 Å². The summed E-state index contributed by atoms with van der Waals surface area (Å²) in [4.78, 5) is 39.1. The zero-order valence-electron chi connectivity index (χ0n) is 16.1. The monoisotopic (exact) mass is 521 g/mol. The van der Waals surface area contributed by atoms with Crippen molar-refractivity contribution in [3.05, 3.63) is 44.3 Å². The van der Waals surface area contributed by atoms with Crippen LogP contribution in [0.5, 0.6) is 0 Å². The van der Waals surface area contributed by atoms with Crippen LogP contribution < -0.4 is 10.2 Å². The fourth-order valence-corrected chi connectivity index (χ4v) is 4.25. The third-order valence-electron chi connectivity index (χ3n) is 4.31. The summed E-state index contributed by atoms with van der Waals surface area (Å²) >= 11 is 6.77. The molecule has 0 saturated carbocycles. The molecule has 3 rings (SSSR count). The summed E-state index contributed by atoms with van der Waals surface area (Å²) in [6.45, 7) is 1.41. The fraction of sp³-hybridized carbons (Fsp3) is 0.211. The first kappa shape index (κ1) is 21.1. The Hall–Kier alpha value is -2.59. The molecule has 2 aromatic rings. The Morgan fingerprint density at radius 3 is 2.41 bits per heavy atom. The molecular weight excluding hydrogens is 506 g/mol. The average Bonchev–Trinajstić information content (AvgIpc) is 2.86. The Labute approximate surface area is 184 Å². The van der Waals surface area contributed by atoms with Gasteiger partial charge in [-0.2, -0.15) is 0 Å². The average molecular weight is 523 g/mol. The van der Waals surface area contributed by atoms with E-state index in [1.807, 2.05) is 25.1 Å². The molecule has 1 aliphatic heterocycles. The van der Waals surface area contributed by atoms with E-state index in [1.54, 1.807) is 18.2 Å². The van der Waals surface area contributed by atoms with Crippen molar-refractivity contribution in [2.24, 2.45) is 10.2 Å². The molecule has 150 valence electrons. The number of anilines is 2. The molecule has 1 aliphatic rings. The molecule has 0 saturated heterocycles. The number of nitrogens with zero attached hydrogens (tertiary/aromatic N) is 4. The molecule has 0 fully saturated rings. The number of halogens is 2. The molecular formula is C19H17Br2N5O3. The second kappa shape index (κ2) is 8.03. The maximum atomic E-state index is 12.4. The van der Waals surface area contributed by atoms with Gasteiger partial charge in [0, 0.05) is 38.2 Å². The van der Waals surface area contributed by atoms with Crippen LogP contribution >= 0.6 is 31.9 Å². The van der Waals surface area contributed by atoms with Crippen LogP contribution in [0, 0.1) is 0 Å². The van der Waals surface area contributed by atoms with E-state index in [0.717, 1.165) is 10.6 Å². The second-order valence-corrected chi connectivity index (χ2v) is 8.24. The molecule has 29 heavy (non-hydrogen) atoms. The highest BCUT2D eigenvalue weighted by Gasteiger charge is 2.36. The van der Waals surface area contributed by atoms with E-state index in [1.165, 1.54) is 14.0 Å². The van der Waals surface area contributed by atoms with Crippen LogP contribution in [0.1, 0.15) is 27.6 Å². The molecule has 0 aliphatic carbocycles. The summed E-state index contributed by atoms with van der Waals surface area (Å²) in [5, 5.41) is 11.3. The third kappa shape index (κ3) is 3.95. The highest BCUT2D eigenvalue weighted by Crippen LogP contribution is 2.42. The second-order valence-electron chi connectivity index (χ2n) is 6.59. The molecule has 0 unspecified atom stereocenters. The predicted octanol–water partition coefficient (Wildman–Crippen LogP) is 4.88. The smallest absolute Gasteiger partial charge is 0.262 e. The minimum atomic E-state index is -0.407. The molecule has 0 radical (unpaired) electrons. The van der Waals surface area contributed by atoms with Crippen molar-refractivity contribution in [2.75, 3.05) is 31.4 Å². The number of hydrogen-bond acceptors (Lipinski definition) is 6. The molecule has 1 N–H and O–H groups in total. The molecule has 0 atom stereocenters. The van der Waals surface area contributed by atoms with Crippen LogP contribution in [0.3, 0.4) is 0 Å². The Kier molecular flexibility index (Phi) is 5.85. The highest BCUT2D eigenvalue weighted by molar-refractivity contribution is 9.11. The van der Waals surface area contributed by atoms with E-state index in [0.29, 0.717) is 31.6 Å². The number of amides is 3. The third-order valence-corrected chi connectivity index (χ3v) is 5.69. The normalized spacial score (nSPS) is 13.2. The van der Waals surface area contributed by atoms with Gasteiger partial charge in [0.25, 0.3) is 11.8 Å². The van der Waals surface area contributed by atoms with Crippen LogP contribution in [0.15, 0.2) is 43.4 Å². The van der Waals surface area contributed by atoms with Crippen LogP contribution in [-0.4, -0.2) is 43.8 Å². The largest absolute Gasteiger partial charge is 0.378 e. The van der Waals surface area contributed by atoms with Gasteiger partial charge in [0.2, 0.25) is 5.91 Å². The van der Waals surface area contributed by atoms with Crippen molar-refractivity contribution in [3.8, 4) is 0 Å². The number of carbonyl (C=O) groups excluding carboxylic acids is 3. The van der Waals surface area contributed by atoms with E-state index in [9.17, 15) is 14.4 Å². The lowest BCUT2D eigenvalue weighted by Crippen LogP contribution is -2.24. The first-order valence-corrected chi connectivity index (χ1v) is 10.1. The number of nitrogens with one attached hydrogen (secondary N) is 1. The van der Waals surface area contributed by atoms with Crippen LogP contribution in [0.4, 0.5) is 22.7 Å². The molecule has 10 heteroatoms. The van der Waals surface area contributed by atoms with Gasteiger partial charge in [-0.25, -0.2) is 0 Å². The van der Waals surface area contributed by atoms with Crippen molar-refractivity contribution in [1.82, 2.24) is 4.90 Å². The molecule has 3 amide bonds. The summed E-state index contributed by atoms with van der Waals surface area (Å²) in [7, 11) is 5.21. The van der Waals surface area contributed by atoms with E-state index in [4.69, 9.17) is 0 Å². The Morgan fingerprint density at radius 1 is 1.10 bits per heavy atom. The summed E-state index contributed by atoms with van der Waals surface area (Å²) in [6.07, 6.45) is 0. The lowest BCUT2D eigenvalue weighted by Gasteiger charge is -2.15. The molecule has 1 heterocycles. The topological polar surface area (TPSA) is 94.4 Å². The van der Waals surface area contributed by atoms with Crippen LogP contribution in [0.2, 0.25) is 0 Å². The standard InChI is InChI=1S/C19H17Br2N5O3/c1-9(27)22-14-7-10(25(2)3)5-6-13(14)23-24-17-12(20)8-11-15(16(17)21)19(29)26(4)18(11)28/h5-8H,1-4H3,(H,22,27)/b24-23+. The predicted molar refractivity (Wildman–Crippen MR) is 118 cm³/mol. The number of benzene rings is 2. The Balaban J connectivity index is 2.07. The summed E-state index contributed by atoms with van der Waals surface area (Å²) in [5.41, 5.74) is 2.76. The van der Waals surface area contributed by atoms with Gasteiger partial charge in [0.05, 0.1) is 21.3 Å². The van der Waals surface area contributed by atoms with Gasteiger partial charge < -0.3 is 10.2 Å². The Bertz CT molecular complexity index is 1080. The molecule has 0 spiro atoms. The number of azo groups is 1. The van der Waals surface area contributed by atoms with Gasteiger partial charge in [0.15, 0.2) is 0 Å². The maximum absolute atomic E-state index is 12.4. The number of fused-ring (bicyclic) bond motifs is 1. The lowest BCUT2D eigenvalue weighted by atomic mass is 10.1. The summed E-state index contributed by atoms with van der Waals surface area (Å²) in [6, 6.07) is 6.94. The molecule has 8 nitrogen and oxygen atoms in total. The number of hydrogen-bond donors (Lipinski definition) is 1. The first-order valence-electron chi connectivity index (χ1n) is 8.47. The molecule has 0 bridgehead atoms. The SMILES string of the molecule is CC(=O)Nc1cc(N(C)C)ccc1/N=N/c1c(Br)cc2c(c1Br)C(=O)N(C)C2=O. The van der Waals surface area contributed by atoms with Gasteiger partial charge in [-0.1, -0.05) is 0 Å².